The van der Waals surface area contributed by atoms with Gasteiger partial charge in [-0.3, -0.25) is 9.59 Å². The molecule has 0 aromatic heterocycles. The highest BCUT2D eigenvalue weighted by atomic mass is 16.6. The van der Waals surface area contributed by atoms with Gasteiger partial charge >= 0.3 is 18.2 Å². The van der Waals surface area contributed by atoms with Crippen LogP contribution in [0.4, 0.5) is 9.59 Å². The molecule has 4 rings (SSSR count). The molecular formula is C51H72N4O9. The van der Waals surface area contributed by atoms with Gasteiger partial charge in [-0.05, 0) is 87.8 Å². The van der Waals surface area contributed by atoms with Gasteiger partial charge in [0.2, 0.25) is 11.8 Å². The highest BCUT2D eigenvalue weighted by molar-refractivity contribution is 5.91. The van der Waals surface area contributed by atoms with Crippen LogP contribution in [0.15, 0.2) is 91.0 Å². The molecule has 4 amide bonds. The lowest BCUT2D eigenvalue weighted by Crippen LogP contribution is -2.54. The number of carbonyl (C=O) groups excluding carboxylic acids is 5. The molecule has 0 radical (unpaired) electrons. The van der Waals surface area contributed by atoms with E-state index in [1.807, 2.05) is 105 Å². The van der Waals surface area contributed by atoms with Gasteiger partial charge in [0.1, 0.15) is 30.9 Å². The number of alkyl carbamates (subject to hydrolysis) is 2. The molecule has 0 heterocycles. The van der Waals surface area contributed by atoms with Crippen molar-refractivity contribution < 1.29 is 43.3 Å². The highest BCUT2D eigenvalue weighted by Crippen LogP contribution is 2.30. The molecule has 0 unspecified atom stereocenters. The first-order valence-corrected chi connectivity index (χ1v) is 23.1. The van der Waals surface area contributed by atoms with E-state index >= 15 is 0 Å². The maximum absolute atomic E-state index is 14.4. The lowest BCUT2D eigenvalue weighted by molar-refractivity contribution is -0.149. The summed E-state index contributed by atoms with van der Waals surface area (Å²) in [6.07, 6.45) is 5.35. The summed E-state index contributed by atoms with van der Waals surface area (Å²) in [5, 5.41) is 23.4. The van der Waals surface area contributed by atoms with Crippen LogP contribution in [0.25, 0.3) is 0 Å². The maximum Gasteiger partial charge on any atom is 0.407 e. The zero-order valence-electron chi connectivity index (χ0n) is 38.5. The van der Waals surface area contributed by atoms with Gasteiger partial charge < -0.3 is 40.6 Å². The molecule has 13 heteroatoms. The standard InChI is InChI=1S/C51H72N4O9/c1-36(2)30-41(33-45(56)43(31-37-20-10-6-11-21-37)55-50(61)64-51(3,4)5)46(57)53-42(28-18-19-29-52-49(60)63-35-40-26-16-9-17-27-40)47(58)54-44(32-38-22-12-7-13-23-38)48(59)62-34-39-24-14-8-15-25-39/h7-9,12-17,22-27,36-37,41-45,56H,6,10-11,18-21,28-35H2,1-5H3,(H,52,60)(H,53,57)(H,54,58)(H,55,61)/t41-,42+,43+,44+,45+/m1/s1. The minimum absolute atomic E-state index is 0.0194. The molecular weight excluding hydrogens is 813 g/mol. The molecule has 1 saturated carbocycles. The number of rotatable bonds is 24. The van der Waals surface area contributed by atoms with Crippen molar-refractivity contribution in [2.75, 3.05) is 6.54 Å². The minimum atomic E-state index is -1.07. The van der Waals surface area contributed by atoms with E-state index in [2.05, 4.69) is 21.3 Å². The van der Waals surface area contributed by atoms with Crippen LogP contribution in [0, 0.1) is 17.8 Å². The van der Waals surface area contributed by atoms with E-state index < -0.39 is 65.7 Å². The summed E-state index contributed by atoms with van der Waals surface area (Å²) in [5.41, 5.74) is 1.73. The summed E-state index contributed by atoms with van der Waals surface area (Å²) >= 11 is 0. The Balaban J connectivity index is 1.50. The van der Waals surface area contributed by atoms with Gasteiger partial charge in [0, 0.05) is 18.9 Å². The molecule has 5 N–H and O–H groups in total. The van der Waals surface area contributed by atoms with Gasteiger partial charge in [0.15, 0.2) is 0 Å². The van der Waals surface area contributed by atoms with Gasteiger partial charge in [0.25, 0.3) is 0 Å². The van der Waals surface area contributed by atoms with Crippen LogP contribution in [0.2, 0.25) is 0 Å². The number of hydrogen-bond acceptors (Lipinski definition) is 9. The van der Waals surface area contributed by atoms with E-state index in [0.717, 1.165) is 48.8 Å². The number of benzene rings is 3. The van der Waals surface area contributed by atoms with Crippen LogP contribution >= 0.6 is 0 Å². The monoisotopic (exact) mass is 885 g/mol. The van der Waals surface area contributed by atoms with Crippen molar-refractivity contribution in [3.8, 4) is 0 Å². The van der Waals surface area contributed by atoms with Crippen LogP contribution in [-0.4, -0.2) is 71.5 Å². The fourth-order valence-electron chi connectivity index (χ4n) is 8.03. The Morgan fingerprint density at radius 2 is 1.23 bits per heavy atom. The summed E-state index contributed by atoms with van der Waals surface area (Å²) in [6.45, 7) is 9.74. The van der Waals surface area contributed by atoms with E-state index in [1.165, 1.54) is 0 Å². The van der Waals surface area contributed by atoms with Gasteiger partial charge in [0.05, 0.1) is 12.1 Å². The van der Waals surface area contributed by atoms with Crippen LogP contribution in [0.5, 0.6) is 0 Å². The summed E-state index contributed by atoms with van der Waals surface area (Å²) in [6, 6.07) is 25.1. The Morgan fingerprint density at radius 3 is 1.81 bits per heavy atom. The second-order valence-corrected chi connectivity index (χ2v) is 18.5. The van der Waals surface area contributed by atoms with Gasteiger partial charge in [-0.15, -0.1) is 0 Å². The van der Waals surface area contributed by atoms with Crippen LogP contribution in [0.3, 0.4) is 0 Å². The highest BCUT2D eigenvalue weighted by Gasteiger charge is 2.34. The number of nitrogens with one attached hydrogen (secondary N) is 4. The summed E-state index contributed by atoms with van der Waals surface area (Å²) in [7, 11) is 0. The van der Waals surface area contributed by atoms with Crippen LogP contribution < -0.4 is 21.3 Å². The molecule has 1 aliphatic carbocycles. The first-order valence-electron chi connectivity index (χ1n) is 23.1. The molecule has 3 aromatic carbocycles. The second kappa shape index (κ2) is 27.0. The third-order valence-electron chi connectivity index (χ3n) is 11.3. The molecule has 350 valence electrons. The predicted octanol–water partition coefficient (Wildman–Crippen LogP) is 8.32. The second-order valence-electron chi connectivity index (χ2n) is 18.5. The number of aliphatic hydroxyl groups excluding tert-OH is 1. The third kappa shape index (κ3) is 20.0. The maximum atomic E-state index is 14.4. The molecule has 1 fully saturated rings. The summed E-state index contributed by atoms with van der Waals surface area (Å²) < 4.78 is 16.6. The molecule has 13 nitrogen and oxygen atoms in total. The minimum Gasteiger partial charge on any atom is -0.459 e. The van der Waals surface area contributed by atoms with Gasteiger partial charge in [-0.25, -0.2) is 14.4 Å². The van der Waals surface area contributed by atoms with E-state index in [0.29, 0.717) is 31.6 Å². The number of amides is 4. The van der Waals surface area contributed by atoms with E-state index in [1.54, 1.807) is 20.8 Å². The smallest absolute Gasteiger partial charge is 0.407 e. The first kappa shape index (κ1) is 51.2. The lowest BCUT2D eigenvalue weighted by Gasteiger charge is -2.33. The van der Waals surface area contributed by atoms with Crippen LogP contribution in [-0.2, 0) is 48.2 Å². The largest absolute Gasteiger partial charge is 0.459 e. The van der Waals surface area contributed by atoms with E-state index in [9.17, 15) is 29.1 Å². The number of carbonyl (C=O) groups is 5. The van der Waals surface area contributed by atoms with Crippen molar-refractivity contribution in [1.29, 1.82) is 0 Å². The molecule has 64 heavy (non-hydrogen) atoms. The molecule has 0 bridgehead atoms. The topological polar surface area (TPSA) is 181 Å². The molecule has 5 atom stereocenters. The zero-order chi connectivity index (χ0) is 46.3. The predicted molar refractivity (Wildman–Crippen MR) is 247 cm³/mol. The molecule has 3 aromatic rings. The average Bonchev–Trinajstić information content (AvgIpc) is 3.26. The number of unbranched alkanes of at least 4 members (excludes halogenated alkanes) is 1. The van der Waals surface area contributed by atoms with Crippen LogP contribution in [0.1, 0.15) is 122 Å². The Bertz CT molecular complexity index is 1850. The SMILES string of the molecule is CC(C)C[C@H](C[C@H](O)[C@H](CC1CCCCC1)NC(=O)OC(C)(C)C)C(=O)N[C@@H](CCCCNC(=O)OCc1ccccc1)C(=O)N[C@@H](Cc1ccccc1)C(=O)OCc1ccccc1. The normalized spacial score (nSPS) is 15.4. The first-order chi connectivity index (χ1) is 30.6. The quantitative estimate of drug-likeness (QED) is 0.0336. The van der Waals surface area contributed by atoms with Crippen molar-refractivity contribution in [3.05, 3.63) is 108 Å². The Kier molecular flexibility index (Phi) is 21.6. The molecule has 0 aliphatic heterocycles. The fourth-order valence-corrected chi connectivity index (χ4v) is 8.03. The van der Waals surface area contributed by atoms with Crippen molar-refractivity contribution >= 4 is 30.0 Å². The number of aliphatic hydroxyl groups is 1. The number of hydrogen-bond donors (Lipinski definition) is 5. The van der Waals surface area contributed by atoms with Gasteiger partial charge in [-0.1, -0.05) is 137 Å². The number of ether oxygens (including phenoxy) is 3. The lowest BCUT2D eigenvalue weighted by atomic mass is 9.81. The third-order valence-corrected chi connectivity index (χ3v) is 11.3. The molecule has 1 aliphatic rings. The van der Waals surface area contributed by atoms with Crippen molar-refractivity contribution in [2.24, 2.45) is 17.8 Å². The Hall–Kier alpha value is -5.43. The number of esters is 1. The fraction of sp³-hybridized carbons (Fsp3) is 0.549. The van der Waals surface area contributed by atoms with E-state index in [4.69, 9.17) is 14.2 Å². The van der Waals surface area contributed by atoms with Gasteiger partial charge in [-0.2, -0.15) is 0 Å². The van der Waals surface area contributed by atoms with E-state index in [-0.39, 0.29) is 44.9 Å². The Morgan fingerprint density at radius 1 is 0.672 bits per heavy atom. The molecule has 0 spiro atoms. The summed E-state index contributed by atoms with van der Waals surface area (Å²) in [4.78, 5) is 67.9. The zero-order valence-corrected chi connectivity index (χ0v) is 38.5. The average molecular weight is 885 g/mol. The van der Waals surface area contributed by atoms with Crippen molar-refractivity contribution in [1.82, 2.24) is 21.3 Å². The molecule has 0 saturated heterocycles. The van der Waals surface area contributed by atoms with Crippen molar-refractivity contribution in [3.63, 3.8) is 0 Å². The summed E-state index contributed by atoms with van der Waals surface area (Å²) in [5.74, 6) is -1.93. The Labute approximate surface area is 380 Å². The van der Waals surface area contributed by atoms with Crippen molar-refractivity contribution in [2.45, 2.75) is 155 Å².